The van der Waals surface area contributed by atoms with Gasteiger partial charge in [-0.05, 0) is 49.6 Å². The number of carbonyl (C=O) groups is 2. The Balaban J connectivity index is 1.61. The number of aromatic amines is 1. The zero-order valence-corrected chi connectivity index (χ0v) is 18.0. The molecular formula is C24H27N3O4. The van der Waals surface area contributed by atoms with Crippen molar-refractivity contribution in [1.82, 2.24) is 9.88 Å². The minimum absolute atomic E-state index is 0.173. The highest BCUT2D eigenvalue weighted by Crippen LogP contribution is 2.32. The summed E-state index contributed by atoms with van der Waals surface area (Å²) < 4.78 is 10.5. The van der Waals surface area contributed by atoms with Crippen LogP contribution in [0.4, 0.5) is 5.69 Å². The van der Waals surface area contributed by atoms with E-state index < -0.39 is 5.97 Å². The number of amides is 1. The van der Waals surface area contributed by atoms with Gasteiger partial charge in [0.1, 0.15) is 11.4 Å². The van der Waals surface area contributed by atoms with Crippen LogP contribution >= 0.6 is 0 Å². The number of nitrogens with one attached hydrogen (secondary N) is 2. The van der Waals surface area contributed by atoms with Crippen LogP contribution in [0.15, 0.2) is 42.5 Å². The van der Waals surface area contributed by atoms with Gasteiger partial charge in [-0.15, -0.1) is 0 Å². The summed E-state index contributed by atoms with van der Waals surface area (Å²) in [7, 11) is 1.58. The molecule has 0 spiro atoms. The maximum atomic E-state index is 13.2. The van der Waals surface area contributed by atoms with Crippen LogP contribution < -0.4 is 10.1 Å². The molecule has 7 nitrogen and oxygen atoms in total. The number of hydrogen-bond donors (Lipinski definition) is 2. The highest BCUT2D eigenvalue weighted by molar-refractivity contribution is 6.12. The van der Waals surface area contributed by atoms with Crippen LogP contribution in [0.25, 0.3) is 10.9 Å². The lowest BCUT2D eigenvalue weighted by molar-refractivity contribution is -0.121. The predicted octanol–water partition coefficient (Wildman–Crippen LogP) is 3.74. The van der Waals surface area contributed by atoms with E-state index in [0.29, 0.717) is 16.8 Å². The fourth-order valence-electron chi connectivity index (χ4n) is 4.03. The third kappa shape index (κ3) is 4.14. The van der Waals surface area contributed by atoms with E-state index in [9.17, 15) is 9.59 Å². The number of fused-ring (bicyclic) bond motifs is 2. The third-order valence-electron chi connectivity index (χ3n) is 5.82. The Morgan fingerprint density at radius 2 is 1.97 bits per heavy atom. The average molecular weight is 421 g/mol. The van der Waals surface area contributed by atoms with Crippen molar-refractivity contribution in [1.29, 1.82) is 0 Å². The fourth-order valence-corrected chi connectivity index (χ4v) is 4.03. The number of rotatable bonds is 6. The molecule has 1 aliphatic heterocycles. The molecule has 1 amide bonds. The van der Waals surface area contributed by atoms with Crippen molar-refractivity contribution in [2.45, 2.75) is 32.9 Å². The maximum absolute atomic E-state index is 13.2. The summed E-state index contributed by atoms with van der Waals surface area (Å²) in [6, 6.07) is 13.4. The number of esters is 1. The average Bonchev–Trinajstić information content (AvgIpc) is 3.15. The number of benzene rings is 2. The SMILES string of the molecule is CCOC(=O)c1[nH]c2ccc(OC)cc2c1NC(=O)C(C)N1CCc2ccccc2C1. The van der Waals surface area contributed by atoms with Gasteiger partial charge in [0.2, 0.25) is 5.91 Å². The van der Waals surface area contributed by atoms with E-state index in [1.807, 2.05) is 25.1 Å². The first-order valence-corrected chi connectivity index (χ1v) is 10.5. The Morgan fingerprint density at radius 1 is 1.19 bits per heavy atom. The standard InChI is InChI=1S/C24H27N3O4/c1-4-31-24(29)22-21(19-13-18(30-3)9-10-20(19)25-22)26-23(28)15(2)27-12-11-16-7-5-6-8-17(16)14-27/h5-10,13,15,25H,4,11-12,14H2,1-3H3,(H,26,28). The third-order valence-corrected chi connectivity index (χ3v) is 5.82. The normalized spacial score (nSPS) is 14.7. The number of anilines is 1. The number of hydrogen-bond acceptors (Lipinski definition) is 5. The summed E-state index contributed by atoms with van der Waals surface area (Å²) in [6.07, 6.45) is 0.909. The van der Waals surface area contributed by atoms with E-state index in [4.69, 9.17) is 9.47 Å². The lowest BCUT2D eigenvalue weighted by atomic mass is 9.98. The maximum Gasteiger partial charge on any atom is 0.356 e. The van der Waals surface area contributed by atoms with Crippen molar-refractivity contribution in [2.24, 2.45) is 0 Å². The van der Waals surface area contributed by atoms with Crippen molar-refractivity contribution in [3.8, 4) is 5.75 Å². The van der Waals surface area contributed by atoms with E-state index in [1.54, 1.807) is 26.2 Å². The number of methoxy groups -OCH3 is 1. The lowest BCUT2D eigenvalue weighted by Crippen LogP contribution is -2.44. The summed E-state index contributed by atoms with van der Waals surface area (Å²) in [5.41, 5.74) is 3.95. The number of H-pyrrole nitrogens is 1. The number of carbonyl (C=O) groups excluding carboxylic acids is 2. The fraction of sp³-hybridized carbons (Fsp3) is 0.333. The topological polar surface area (TPSA) is 83.7 Å². The molecule has 0 saturated heterocycles. The summed E-state index contributed by atoms with van der Waals surface area (Å²) in [4.78, 5) is 31.0. The molecule has 1 aromatic heterocycles. The first kappa shape index (κ1) is 20.9. The van der Waals surface area contributed by atoms with E-state index in [1.165, 1.54) is 11.1 Å². The molecule has 31 heavy (non-hydrogen) atoms. The van der Waals surface area contributed by atoms with Gasteiger partial charge in [0.25, 0.3) is 0 Å². The van der Waals surface area contributed by atoms with Crippen LogP contribution in [0.1, 0.15) is 35.5 Å². The van der Waals surface area contributed by atoms with Gasteiger partial charge in [-0.3, -0.25) is 9.69 Å². The van der Waals surface area contributed by atoms with Crippen LogP contribution in [0.3, 0.4) is 0 Å². The molecule has 4 rings (SSSR count). The second kappa shape index (κ2) is 8.81. The monoisotopic (exact) mass is 421 g/mol. The van der Waals surface area contributed by atoms with E-state index in [2.05, 4.69) is 27.3 Å². The Kier molecular flexibility index (Phi) is 5.95. The molecule has 0 radical (unpaired) electrons. The molecule has 162 valence electrons. The van der Waals surface area contributed by atoms with Crippen molar-refractivity contribution >= 4 is 28.5 Å². The molecule has 2 aromatic carbocycles. The Labute approximate surface area is 181 Å². The Bertz CT molecular complexity index is 1120. The number of aromatic nitrogens is 1. The van der Waals surface area contributed by atoms with Crippen molar-refractivity contribution < 1.29 is 19.1 Å². The predicted molar refractivity (Wildman–Crippen MR) is 119 cm³/mol. The zero-order chi connectivity index (χ0) is 22.0. The second-order valence-electron chi connectivity index (χ2n) is 7.66. The van der Waals surface area contributed by atoms with Crippen LogP contribution in [0.2, 0.25) is 0 Å². The van der Waals surface area contributed by atoms with E-state index in [0.717, 1.165) is 25.0 Å². The van der Waals surface area contributed by atoms with Gasteiger partial charge in [-0.25, -0.2) is 4.79 Å². The molecule has 7 heteroatoms. The second-order valence-corrected chi connectivity index (χ2v) is 7.66. The molecule has 0 fully saturated rings. The quantitative estimate of drug-likeness (QED) is 0.593. The van der Waals surface area contributed by atoms with Gasteiger partial charge in [0.05, 0.1) is 25.4 Å². The molecule has 0 aliphatic carbocycles. The molecule has 2 heterocycles. The van der Waals surface area contributed by atoms with Gasteiger partial charge in [-0.2, -0.15) is 0 Å². The van der Waals surface area contributed by atoms with Crippen LogP contribution in [-0.4, -0.2) is 48.1 Å². The minimum atomic E-state index is -0.507. The van der Waals surface area contributed by atoms with E-state index >= 15 is 0 Å². The molecule has 2 N–H and O–H groups in total. The summed E-state index contributed by atoms with van der Waals surface area (Å²) in [5.74, 6) is -0.0423. The van der Waals surface area contributed by atoms with Gasteiger partial charge < -0.3 is 19.8 Å². The highest BCUT2D eigenvalue weighted by atomic mass is 16.5. The molecule has 1 aliphatic rings. The number of nitrogens with zero attached hydrogens (tertiary/aromatic N) is 1. The zero-order valence-electron chi connectivity index (χ0n) is 18.0. The first-order chi connectivity index (χ1) is 15.0. The van der Waals surface area contributed by atoms with Gasteiger partial charge in [0.15, 0.2) is 0 Å². The van der Waals surface area contributed by atoms with Crippen LogP contribution in [-0.2, 0) is 22.5 Å². The van der Waals surface area contributed by atoms with Crippen LogP contribution in [0.5, 0.6) is 5.75 Å². The van der Waals surface area contributed by atoms with Crippen molar-refractivity contribution in [3.05, 3.63) is 59.3 Å². The Morgan fingerprint density at radius 3 is 2.71 bits per heavy atom. The molecular weight excluding hydrogens is 394 g/mol. The minimum Gasteiger partial charge on any atom is -0.497 e. The molecule has 0 saturated carbocycles. The number of ether oxygens (including phenoxy) is 2. The van der Waals surface area contributed by atoms with Crippen LogP contribution in [0, 0.1) is 0 Å². The first-order valence-electron chi connectivity index (χ1n) is 10.5. The van der Waals surface area contributed by atoms with Crippen molar-refractivity contribution in [3.63, 3.8) is 0 Å². The molecule has 1 unspecified atom stereocenters. The molecule has 0 bridgehead atoms. The van der Waals surface area contributed by atoms with Gasteiger partial charge >= 0.3 is 5.97 Å². The van der Waals surface area contributed by atoms with Gasteiger partial charge in [0, 0.05) is 24.0 Å². The largest absolute Gasteiger partial charge is 0.497 e. The van der Waals surface area contributed by atoms with Crippen molar-refractivity contribution in [2.75, 3.05) is 25.6 Å². The smallest absolute Gasteiger partial charge is 0.356 e. The summed E-state index contributed by atoms with van der Waals surface area (Å²) >= 11 is 0. The van der Waals surface area contributed by atoms with E-state index in [-0.39, 0.29) is 24.2 Å². The summed E-state index contributed by atoms with van der Waals surface area (Å²) in [6.45, 7) is 5.41. The summed E-state index contributed by atoms with van der Waals surface area (Å²) in [5, 5.41) is 3.68. The Hall–Kier alpha value is -3.32. The molecule has 1 atom stereocenters. The lowest BCUT2D eigenvalue weighted by Gasteiger charge is -2.32. The molecule has 3 aromatic rings. The van der Waals surface area contributed by atoms with Gasteiger partial charge in [-0.1, -0.05) is 24.3 Å². The highest BCUT2D eigenvalue weighted by Gasteiger charge is 2.28.